The van der Waals surface area contributed by atoms with Gasteiger partial charge >= 0.3 is 0 Å². The number of nitrogens with one attached hydrogen (secondary N) is 1. The first-order chi connectivity index (χ1) is 9.01. The minimum atomic E-state index is -3.57. The predicted molar refractivity (Wildman–Crippen MR) is 75.9 cm³/mol. The first kappa shape index (κ1) is 16.1. The number of unbranched alkanes of at least 4 members (excludes halogenated alkanes) is 1. The van der Waals surface area contributed by atoms with Crippen molar-refractivity contribution >= 4 is 10.2 Å². The molecule has 0 aliphatic carbocycles. The van der Waals surface area contributed by atoms with Gasteiger partial charge in [-0.1, -0.05) is 43.7 Å². The SMILES string of the molecule is CCCCN(C)S(=O)(=O)N[C@@H](CO)c1ccccc1. The third kappa shape index (κ3) is 4.91. The molecule has 2 N–H and O–H groups in total. The minimum absolute atomic E-state index is 0.273. The van der Waals surface area contributed by atoms with Gasteiger partial charge in [0.25, 0.3) is 10.2 Å². The van der Waals surface area contributed by atoms with Crippen LogP contribution in [0.2, 0.25) is 0 Å². The first-order valence-corrected chi connectivity index (χ1v) is 7.84. The van der Waals surface area contributed by atoms with Gasteiger partial charge < -0.3 is 5.11 Å². The topological polar surface area (TPSA) is 69.6 Å². The molecule has 5 nitrogen and oxygen atoms in total. The van der Waals surface area contributed by atoms with E-state index in [2.05, 4.69) is 4.72 Å². The lowest BCUT2D eigenvalue weighted by Crippen LogP contribution is -2.41. The van der Waals surface area contributed by atoms with E-state index < -0.39 is 16.3 Å². The molecule has 1 rings (SSSR count). The zero-order valence-electron chi connectivity index (χ0n) is 11.4. The normalized spacial score (nSPS) is 13.7. The molecule has 6 heteroatoms. The molecule has 1 aromatic rings. The first-order valence-electron chi connectivity index (χ1n) is 6.40. The molecule has 0 unspecified atom stereocenters. The van der Waals surface area contributed by atoms with Gasteiger partial charge in [-0.25, -0.2) is 0 Å². The summed E-state index contributed by atoms with van der Waals surface area (Å²) in [7, 11) is -2.03. The van der Waals surface area contributed by atoms with E-state index in [-0.39, 0.29) is 6.61 Å². The highest BCUT2D eigenvalue weighted by Crippen LogP contribution is 2.13. The molecule has 0 radical (unpaired) electrons. The number of benzene rings is 1. The van der Waals surface area contributed by atoms with E-state index in [4.69, 9.17) is 0 Å². The molecule has 0 bridgehead atoms. The Morgan fingerprint density at radius 1 is 1.32 bits per heavy atom. The standard InChI is InChI=1S/C13H22N2O3S/c1-3-4-10-15(2)19(17,18)14-13(11-16)12-8-6-5-7-9-12/h5-9,13-14,16H,3-4,10-11H2,1-2H3/t13-/m0/s1. The molecule has 108 valence electrons. The monoisotopic (exact) mass is 286 g/mol. The Bertz CT molecular complexity index is 462. The Labute approximate surface area is 115 Å². The molecule has 0 aliphatic heterocycles. The Morgan fingerprint density at radius 3 is 2.47 bits per heavy atom. The van der Waals surface area contributed by atoms with E-state index >= 15 is 0 Å². The summed E-state index contributed by atoms with van der Waals surface area (Å²) < 4.78 is 28.0. The number of hydrogen-bond donors (Lipinski definition) is 2. The van der Waals surface area contributed by atoms with Crippen LogP contribution in [-0.4, -0.2) is 38.0 Å². The van der Waals surface area contributed by atoms with Crippen LogP contribution in [0.3, 0.4) is 0 Å². The van der Waals surface area contributed by atoms with Crippen LogP contribution in [0.15, 0.2) is 30.3 Å². The predicted octanol–water partition coefficient (Wildman–Crippen LogP) is 1.29. The lowest BCUT2D eigenvalue weighted by molar-refractivity contribution is 0.256. The Hall–Kier alpha value is -0.950. The molecule has 0 aromatic heterocycles. The highest BCUT2D eigenvalue weighted by Gasteiger charge is 2.22. The number of hydrogen-bond acceptors (Lipinski definition) is 3. The van der Waals surface area contributed by atoms with Crippen LogP contribution in [0.25, 0.3) is 0 Å². The maximum atomic E-state index is 12.1. The lowest BCUT2D eigenvalue weighted by Gasteiger charge is -2.22. The fourth-order valence-electron chi connectivity index (χ4n) is 1.67. The number of aliphatic hydroxyl groups is 1. The van der Waals surface area contributed by atoms with Crippen LogP contribution in [0.4, 0.5) is 0 Å². The second-order valence-electron chi connectivity index (χ2n) is 4.44. The van der Waals surface area contributed by atoms with Crippen LogP contribution < -0.4 is 4.72 Å². The van der Waals surface area contributed by atoms with E-state index in [1.165, 1.54) is 11.4 Å². The van der Waals surface area contributed by atoms with Crippen molar-refractivity contribution < 1.29 is 13.5 Å². The van der Waals surface area contributed by atoms with Crippen molar-refractivity contribution in [1.29, 1.82) is 0 Å². The van der Waals surface area contributed by atoms with Gasteiger partial charge in [0.05, 0.1) is 12.6 Å². The molecule has 0 saturated carbocycles. The van der Waals surface area contributed by atoms with E-state index in [9.17, 15) is 13.5 Å². The van der Waals surface area contributed by atoms with Crippen LogP contribution in [-0.2, 0) is 10.2 Å². The van der Waals surface area contributed by atoms with E-state index in [0.717, 1.165) is 18.4 Å². The van der Waals surface area contributed by atoms with E-state index in [0.29, 0.717) is 6.54 Å². The largest absolute Gasteiger partial charge is 0.394 e. The quantitative estimate of drug-likeness (QED) is 0.756. The molecule has 1 atom stereocenters. The fraction of sp³-hybridized carbons (Fsp3) is 0.538. The van der Waals surface area contributed by atoms with Crippen LogP contribution in [0.1, 0.15) is 31.4 Å². The van der Waals surface area contributed by atoms with Crippen molar-refractivity contribution in [1.82, 2.24) is 9.03 Å². The summed E-state index contributed by atoms with van der Waals surface area (Å²) in [5, 5.41) is 9.36. The maximum Gasteiger partial charge on any atom is 0.279 e. The van der Waals surface area contributed by atoms with Crippen LogP contribution >= 0.6 is 0 Å². The van der Waals surface area contributed by atoms with Crippen molar-refractivity contribution in [3.05, 3.63) is 35.9 Å². The highest BCUT2D eigenvalue weighted by molar-refractivity contribution is 7.87. The lowest BCUT2D eigenvalue weighted by atomic mass is 10.1. The maximum absolute atomic E-state index is 12.1. The minimum Gasteiger partial charge on any atom is -0.394 e. The number of rotatable bonds is 8. The van der Waals surface area contributed by atoms with Gasteiger partial charge in [-0.05, 0) is 12.0 Å². The fourth-order valence-corrected chi connectivity index (χ4v) is 2.79. The third-order valence-corrected chi connectivity index (χ3v) is 4.50. The zero-order valence-corrected chi connectivity index (χ0v) is 12.2. The summed E-state index contributed by atoms with van der Waals surface area (Å²) in [4.78, 5) is 0. The summed E-state index contributed by atoms with van der Waals surface area (Å²) in [6.45, 7) is 2.21. The van der Waals surface area contributed by atoms with E-state index in [1.807, 2.05) is 25.1 Å². The second-order valence-corrected chi connectivity index (χ2v) is 6.25. The molecule has 0 aliphatic rings. The van der Waals surface area contributed by atoms with E-state index in [1.54, 1.807) is 12.1 Å². The molecule has 0 heterocycles. The van der Waals surface area contributed by atoms with Crippen LogP contribution in [0, 0.1) is 0 Å². The average molecular weight is 286 g/mol. The van der Waals surface area contributed by atoms with Crippen molar-refractivity contribution in [3.63, 3.8) is 0 Å². The van der Waals surface area contributed by atoms with Crippen molar-refractivity contribution in [2.24, 2.45) is 0 Å². The molecule has 1 aromatic carbocycles. The van der Waals surface area contributed by atoms with Crippen molar-refractivity contribution in [2.45, 2.75) is 25.8 Å². The van der Waals surface area contributed by atoms with Gasteiger partial charge in [-0.3, -0.25) is 0 Å². The molecule has 0 amide bonds. The summed E-state index contributed by atoms with van der Waals surface area (Å²) in [6, 6.07) is 8.43. The number of aliphatic hydroxyl groups excluding tert-OH is 1. The molecule has 0 fully saturated rings. The Kier molecular flexibility index (Phi) is 6.44. The molecular formula is C13H22N2O3S. The summed E-state index contributed by atoms with van der Waals surface area (Å²) in [5.74, 6) is 0. The zero-order chi connectivity index (χ0) is 14.3. The van der Waals surface area contributed by atoms with Crippen molar-refractivity contribution in [2.75, 3.05) is 20.2 Å². The van der Waals surface area contributed by atoms with Gasteiger partial charge in [0.1, 0.15) is 0 Å². The van der Waals surface area contributed by atoms with Gasteiger partial charge in [0, 0.05) is 13.6 Å². The Balaban J connectivity index is 2.75. The molecular weight excluding hydrogens is 264 g/mol. The smallest absolute Gasteiger partial charge is 0.279 e. The van der Waals surface area contributed by atoms with Gasteiger partial charge in [-0.2, -0.15) is 17.4 Å². The molecule has 19 heavy (non-hydrogen) atoms. The summed E-state index contributed by atoms with van der Waals surface area (Å²) >= 11 is 0. The average Bonchev–Trinajstić information content (AvgIpc) is 2.43. The third-order valence-electron chi connectivity index (χ3n) is 2.91. The second kappa shape index (κ2) is 7.59. The van der Waals surface area contributed by atoms with Crippen molar-refractivity contribution in [3.8, 4) is 0 Å². The summed E-state index contributed by atoms with van der Waals surface area (Å²) in [6.07, 6.45) is 1.74. The van der Waals surface area contributed by atoms with Gasteiger partial charge in [0.15, 0.2) is 0 Å². The van der Waals surface area contributed by atoms with Gasteiger partial charge in [-0.15, -0.1) is 0 Å². The molecule has 0 spiro atoms. The molecule has 0 saturated heterocycles. The highest BCUT2D eigenvalue weighted by atomic mass is 32.2. The van der Waals surface area contributed by atoms with Gasteiger partial charge in [0.2, 0.25) is 0 Å². The number of nitrogens with zero attached hydrogens (tertiary/aromatic N) is 1. The Morgan fingerprint density at radius 2 is 1.95 bits per heavy atom. The summed E-state index contributed by atoms with van der Waals surface area (Å²) in [5.41, 5.74) is 0.748. The van der Waals surface area contributed by atoms with Crippen LogP contribution in [0.5, 0.6) is 0 Å².